The van der Waals surface area contributed by atoms with Crippen LogP contribution < -0.4 is 11.1 Å². The van der Waals surface area contributed by atoms with E-state index in [1.165, 1.54) is 0 Å². The van der Waals surface area contributed by atoms with Crippen LogP contribution in [0.2, 0.25) is 0 Å². The topological polar surface area (TPSA) is 64.4 Å². The van der Waals surface area contributed by atoms with Gasteiger partial charge in [-0.2, -0.15) is 0 Å². The molecule has 2 rings (SSSR count). The van der Waals surface area contributed by atoms with Crippen molar-refractivity contribution >= 4 is 5.91 Å². The molecule has 1 amide bonds. The first kappa shape index (κ1) is 17.2. The van der Waals surface area contributed by atoms with Crippen LogP contribution in [0.3, 0.4) is 0 Å². The summed E-state index contributed by atoms with van der Waals surface area (Å²) in [6.07, 6.45) is 0. The molecule has 0 spiro atoms. The van der Waals surface area contributed by atoms with Crippen molar-refractivity contribution in [3.63, 3.8) is 0 Å². The number of nitrogens with two attached hydrogens (primary N) is 1. The number of benzene rings is 2. The van der Waals surface area contributed by atoms with Crippen molar-refractivity contribution in [1.29, 1.82) is 0 Å². The second kappa shape index (κ2) is 9.08. The van der Waals surface area contributed by atoms with Crippen molar-refractivity contribution in [2.45, 2.75) is 19.6 Å². The van der Waals surface area contributed by atoms with Gasteiger partial charge in [0, 0.05) is 6.54 Å². The standard InChI is InChI=1S/C19H24N2O2/c1-15(13-23-14-16-8-4-2-5-9-16)12-21-19(22)18(20)17-10-6-3-7-11-17/h2-11,15,18H,12-14,20H2,1H3,(H,21,22). The minimum Gasteiger partial charge on any atom is -0.376 e. The summed E-state index contributed by atoms with van der Waals surface area (Å²) in [6.45, 7) is 3.77. The summed E-state index contributed by atoms with van der Waals surface area (Å²) < 4.78 is 5.68. The lowest BCUT2D eigenvalue weighted by atomic mass is 10.1. The molecule has 122 valence electrons. The number of ether oxygens (including phenoxy) is 1. The summed E-state index contributed by atoms with van der Waals surface area (Å²) in [4.78, 5) is 12.1. The zero-order valence-electron chi connectivity index (χ0n) is 13.4. The smallest absolute Gasteiger partial charge is 0.241 e. The van der Waals surface area contributed by atoms with E-state index >= 15 is 0 Å². The first-order chi connectivity index (χ1) is 11.2. The van der Waals surface area contributed by atoms with Crippen LogP contribution in [0.25, 0.3) is 0 Å². The molecule has 0 saturated carbocycles. The maximum Gasteiger partial charge on any atom is 0.241 e. The molecule has 4 nitrogen and oxygen atoms in total. The summed E-state index contributed by atoms with van der Waals surface area (Å²) in [5.41, 5.74) is 7.92. The van der Waals surface area contributed by atoms with Crippen molar-refractivity contribution in [3.05, 3.63) is 71.8 Å². The molecule has 2 aromatic rings. The third-order valence-electron chi connectivity index (χ3n) is 3.58. The van der Waals surface area contributed by atoms with E-state index in [1.54, 1.807) is 0 Å². The molecule has 23 heavy (non-hydrogen) atoms. The molecular formula is C19H24N2O2. The van der Waals surface area contributed by atoms with Crippen LogP contribution in [-0.2, 0) is 16.1 Å². The van der Waals surface area contributed by atoms with Gasteiger partial charge in [0.15, 0.2) is 0 Å². The van der Waals surface area contributed by atoms with Crippen LogP contribution in [0.1, 0.15) is 24.1 Å². The molecule has 0 aliphatic heterocycles. The minimum atomic E-state index is -0.631. The van der Waals surface area contributed by atoms with Crippen LogP contribution in [0, 0.1) is 5.92 Å². The highest BCUT2D eigenvalue weighted by Crippen LogP contribution is 2.09. The number of carbonyl (C=O) groups is 1. The maximum atomic E-state index is 12.1. The lowest BCUT2D eigenvalue weighted by molar-refractivity contribution is -0.122. The van der Waals surface area contributed by atoms with Crippen molar-refractivity contribution in [2.24, 2.45) is 11.7 Å². The Labute approximate surface area is 137 Å². The van der Waals surface area contributed by atoms with Gasteiger partial charge in [0.25, 0.3) is 0 Å². The molecule has 2 unspecified atom stereocenters. The fraction of sp³-hybridized carbons (Fsp3) is 0.316. The van der Waals surface area contributed by atoms with Gasteiger partial charge in [-0.1, -0.05) is 67.6 Å². The molecule has 4 heteroatoms. The maximum absolute atomic E-state index is 12.1. The predicted molar refractivity (Wildman–Crippen MR) is 91.6 cm³/mol. The van der Waals surface area contributed by atoms with Crippen molar-refractivity contribution in [1.82, 2.24) is 5.32 Å². The van der Waals surface area contributed by atoms with Gasteiger partial charge in [-0.25, -0.2) is 0 Å². The quantitative estimate of drug-likeness (QED) is 0.787. The van der Waals surface area contributed by atoms with Gasteiger partial charge in [-0.05, 0) is 17.0 Å². The molecule has 0 bridgehead atoms. The Balaban J connectivity index is 1.67. The monoisotopic (exact) mass is 312 g/mol. The van der Waals surface area contributed by atoms with E-state index in [0.717, 1.165) is 11.1 Å². The summed E-state index contributed by atoms with van der Waals surface area (Å²) in [5.74, 6) is 0.0664. The average molecular weight is 312 g/mol. The predicted octanol–water partition coefficient (Wildman–Crippen LogP) is 2.66. The van der Waals surface area contributed by atoms with E-state index in [9.17, 15) is 4.79 Å². The molecule has 2 atom stereocenters. The fourth-order valence-electron chi connectivity index (χ4n) is 2.21. The highest BCUT2D eigenvalue weighted by atomic mass is 16.5. The van der Waals surface area contributed by atoms with Crippen LogP contribution >= 0.6 is 0 Å². The van der Waals surface area contributed by atoms with E-state index in [0.29, 0.717) is 19.8 Å². The molecule has 0 aliphatic carbocycles. The Morgan fingerprint density at radius 1 is 1.09 bits per heavy atom. The number of nitrogens with one attached hydrogen (secondary N) is 1. The fourth-order valence-corrected chi connectivity index (χ4v) is 2.21. The van der Waals surface area contributed by atoms with E-state index in [4.69, 9.17) is 10.5 Å². The third kappa shape index (κ3) is 5.85. The van der Waals surface area contributed by atoms with Gasteiger partial charge in [0.1, 0.15) is 6.04 Å². The van der Waals surface area contributed by atoms with Gasteiger partial charge >= 0.3 is 0 Å². The van der Waals surface area contributed by atoms with Crippen LogP contribution in [-0.4, -0.2) is 19.1 Å². The largest absolute Gasteiger partial charge is 0.376 e. The minimum absolute atomic E-state index is 0.161. The summed E-state index contributed by atoms with van der Waals surface area (Å²) in [5, 5.41) is 2.89. The molecule has 3 N–H and O–H groups in total. The number of rotatable bonds is 8. The van der Waals surface area contributed by atoms with E-state index in [2.05, 4.69) is 5.32 Å². The lowest BCUT2D eigenvalue weighted by Crippen LogP contribution is -2.37. The number of hydrogen-bond donors (Lipinski definition) is 2. The molecule has 2 aromatic carbocycles. The molecular weight excluding hydrogens is 288 g/mol. The second-order valence-corrected chi connectivity index (χ2v) is 5.74. The SMILES string of the molecule is CC(CNC(=O)C(N)c1ccccc1)COCc1ccccc1. The van der Waals surface area contributed by atoms with Crippen molar-refractivity contribution in [2.75, 3.05) is 13.2 Å². The van der Waals surface area contributed by atoms with Gasteiger partial charge in [-0.15, -0.1) is 0 Å². The zero-order chi connectivity index (χ0) is 16.5. The van der Waals surface area contributed by atoms with E-state index < -0.39 is 6.04 Å². The van der Waals surface area contributed by atoms with E-state index in [-0.39, 0.29) is 11.8 Å². The molecule has 0 aliphatic rings. The molecule has 0 heterocycles. The van der Waals surface area contributed by atoms with Crippen LogP contribution in [0.4, 0.5) is 0 Å². The Bertz CT molecular complexity index is 587. The lowest BCUT2D eigenvalue weighted by Gasteiger charge is -2.16. The van der Waals surface area contributed by atoms with E-state index in [1.807, 2.05) is 67.6 Å². The third-order valence-corrected chi connectivity index (χ3v) is 3.58. The normalized spacial score (nSPS) is 13.3. The van der Waals surface area contributed by atoms with Crippen molar-refractivity contribution in [3.8, 4) is 0 Å². The number of hydrogen-bond acceptors (Lipinski definition) is 3. The van der Waals surface area contributed by atoms with Gasteiger partial charge in [0.05, 0.1) is 13.2 Å². The molecule has 0 saturated heterocycles. The molecule has 0 aromatic heterocycles. The van der Waals surface area contributed by atoms with Gasteiger partial charge < -0.3 is 15.8 Å². The Morgan fingerprint density at radius 3 is 2.35 bits per heavy atom. The first-order valence-corrected chi connectivity index (χ1v) is 7.86. The summed E-state index contributed by atoms with van der Waals surface area (Å²) in [6, 6.07) is 18.8. The number of amides is 1. The Kier molecular flexibility index (Phi) is 6.78. The second-order valence-electron chi connectivity index (χ2n) is 5.74. The number of carbonyl (C=O) groups excluding carboxylic acids is 1. The molecule has 0 fully saturated rings. The van der Waals surface area contributed by atoms with Crippen molar-refractivity contribution < 1.29 is 9.53 Å². The summed E-state index contributed by atoms with van der Waals surface area (Å²) >= 11 is 0. The van der Waals surface area contributed by atoms with Crippen LogP contribution in [0.15, 0.2) is 60.7 Å². The Morgan fingerprint density at radius 2 is 1.70 bits per heavy atom. The first-order valence-electron chi connectivity index (χ1n) is 7.86. The van der Waals surface area contributed by atoms with Gasteiger partial charge in [-0.3, -0.25) is 4.79 Å². The molecule has 0 radical (unpaired) electrons. The van der Waals surface area contributed by atoms with Gasteiger partial charge in [0.2, 0.25) is 5.91 Å². The van der Waals surface area contributed by atoms with Crippen LogP contribution in [0.5, 0.6) is 0 Å². The zero-order valence-corrected chi connectivity index (χ0v) is 13.4. The Hall–Kier alpha value is -2.17. The average Bonchev–Trinajstić information content (AvgIpc) is 2.60. The summed E-state index contributed by atoms with van der Waals surface area (Å²) in [7, 11) is 0. The highest BCUT2D eigenvalue weighted by Gasteiger charge is 2.15. The highest BCUT2D eigenvalue weighted by molar-refractivity contribution is 5.82.